The zero-order chi connectivity index (χ0) is 15.1. The molecule has 0 aliphatic heterocycles. The smallest absolute Gasteiger partial charge is 0.123 e. The van der Waals surface area contributed by atoms with Gasteiger partial charge in [-0.2, -0.15) is 5.26 Å². The van der Waals surface area contributed by atoms with E-state index in [1.807, 2.05) is 24.3 Å². The van der Waals surface area contributed by atoms with Crippen molar-refractivity contribution in [1.29, 1.82) is 5.26 Å². The predicted molar refractivity (Wildman–Crippen MR) is 80.8 cm³/mol. The van der Waals surface area contributed by atoms with Gasteiger partial charge in [-0.1, -0.05) is 30.3 Å². The molecule has 0 saturated heterocycles. The molecule has 2 rings (SSSR count). The summed E-state index contributed by atoms with van der Waals surface area (Å²) in [4.78, 5) is 0. The summed E-state index contributed by atoms with van der Waals surface area (Å²) in [7, 11) is 1.64. The molecule has 0 bridgehead atoms. The first-order valence-corrected chi connectivity index (χ1v) is 6.75. The molecule has 2 N–H and O–H groups in total. The van der Waals surface area contributed by atoms with E-state index in [1.54, 1.807) is 31.4 Å². The van der Waals surface area contributed by atoms with E-state index in [0.29, 0.717) is 18.7 Å². The largest absolute Gasteiger partial charge is 0.496 e. The van der Waals surface area contributed by atoms with Crippen LogP contribution in [0, 0.1) is 11.3 Å². The molecular formula is C17H18N2O2. The Bertz CT molecular complexity index is 617. The number of benzene rings is 2. The Morgan fingerprint density at radius 2 is 1.90 bits per heavy atom. The minimum Gasteiger partial charge on any atom is -0.496 e. The highest BCUT2D eigenvalue weighted by Crippen LogP contribution is 2.17. The number of aliphatic hydroxyl groups excluding tert-OH is 1. The molecule has 108 valence electrons. The van der Waals surface area contributed by atoms with E-state index in [9.17, 15) is 5.11 Å². The van der Waals surface area contributed by atoms with Gasteiger partial charge in [-0.15, -0.1) is 0 Å². The van der Waals surface area contributed by atoms with E-state index in [1.165, 1.54) is 0 Å². The Morgan fingerprint density at radius 1 is 1.19 bits per heavy atom. The van der Waals surface area contributed by atoms with Gasteiger partial charge >= 0.3 is 0 Å². The monoisotopic (exact) mass is 282 g/mol. The second kappa shape index (κ2) is 7.44. The van der Waals surface area contributed by atoms with E-state index in [4.69, 9.17) is 10.00 Å². The summed E-state index contributed by atoms with van der Waals surface area (Å²) in [6.07, 6.45) is -0.604. The third-order valence-electron chi connectivity index (χ3n) is 3.27. The maximum absolute atomic E-state index is 10.1. The third-order valence-corrected chi connectivity index (χ3v) is 3.27. The molecule has 0 heterocycles. The van der Waals surface area contributed by atoms with Gasteiger partial charge in [0.05, 0.1) is 24.8 Å². The van der Waals surface area contributed by atoms with Gasteiger partial charge < -0.3 is 15.2 Å². The molecule has 4 nitrogen and oxygen atoms in total. The van der Waals surface area contributed by atoms with Crippen LogP contribution in [0.4, 0.5) is 0 Å². The van der Waals surface area contributed by atoms with Gasteiger partial charge in [0.2, 0.25) is 0 Å². The number of aliphatic hydroxyl groups is 1. The van der Waals surface area contributed by atoms with Crippen LogP contribution in [0.2, 0.25) is 0 Å². The normalized spacial score (nSPS) is 11.7. The molecule has 0 aromatic heterocycles. The Kier molecular flexibility index (Phi) is 5.33. The Morgan fingerprint density at radius 3 is 2.57 bits per heavy atom. The fraction of sp³-hybridized carbons (Fsp3) is 0.235. The van der Waals surface area contributed by atoms with Crippen LogP contribution in [0.3, 0.4) is 0 Å². The van der Waals surface area contributed by atoms with Crippen molar-refractivity contribution in [3.8, 4) is 11.8 Å². The van der Waals surface area contributed by atoms with Crippen molar-refractivity contribution in [3.63, 3.8) is 0 Å². The molecule has 0 saturated carbocycles. The summed E-state index contributed by atoms with van der Waals surface area (Å²) < 4.78 is 5.28. The van der Waals surface area contributed by atoms with E-state index in [-0.39, 0.29) is 0 Å². The van der Waals surface area contributed by atoms with Gasteiger partial charge in [0.25, 0.3) is 0 Å². The molecule has 0 aliphatic carbocycles. The quantitative estimate of drug-likeness (QED) is 0.854. The number of para-hydroxylation sites is 1. The number of nitriles is 1. The molecule has 0 amide bonds. The molecule has 0 radical (unpaired) electrons. The molecule has 2 aromatic rings. The first-order chi connectivity index (χ1) is 10.2. The van der Waals surface area contributed by atoms with Crippen molar-refractivity contribution in [2.75, 3.05) is 13.7 Å². The van der Waals surface area contributed by atoms with Crippen LogP contribution in [0.5, 0.6) is 5.75 Å². The standard InChI is InChI=1S/C17H18N2O2/c1-21-17-5-3-2-4-15(17)11-19-12-16(20)14-8-6-13(10-18)7-9-14/h2-9,16,19-20H,11-12H2,1H3. The molecule has 21 heavy (non-hydrogen) atoms. The summed E-state index contributed by atoms with van der Waals surface area (Å²) in [5.74, 6) is 0.831. The number of nitrogens with zero attached hydrogens (tertiary/aromatic N) is 1. The van der Waals surface area contributed by atoms with Crippen molar-refractivity contribution in [2.45, 2.75) is 12.6 Å². The van der Waals surface area contributed by atoms with Gasteiger partial charge in [-0.05, 0) is 23.8 Å². The zero-order valence-electron chi connectivity index (χ0n) is 11.9. The van der Waals surface area contributed by atoms with Gasteiger partial charge in [0.15, 0.2) is 0 Å². The molecule has 0 spiro atoms. The molecule has 4 heteroatoms. The zero-order valence-corrected chi connectivity index (χ0v) is 11.9. The lowest BCUT2D eigenvalue weighted by molar-refractivity contribution is 0.174. The average Bonchev–Trinajstić information content (AvgIpc) is 2.55. The van der Waals surface area contributed by atoms with E-state index in [0.717, 1.165) is 16.9 Å². The highest BCUT2D eigenvalue weighted by atomic mass is 16.5. The van der Waals surface area contributed by atoms with Crippen LogP contribution in [-0.4, -0.2) is 18.8 Å². The van der Waals surface area contributed by atoms with E-state index in [2.05, 4.69) is 11.4 Å². The average molecular weight is 282 g/mol. The van der Waals surface area contributed by atoms with Crippen LogP contribution in [-0.2, 0) is 6.54 Å². The Labute approximate surface area is 124 Å². The Hall–Kier alpha value is -2.35. The summed E-state index contributed by atoms with van der Waals surface area (Å²) in [6.45, 7) is 1.06. The van der Waals surface area contributed by atoms with Gasteiger partial charge in [0.1, 0.15) is 5.75 Å². The number of ether oxygens (including phenoxy) is 1. The van der Waals surface area contributed by atoms with Crippen molar-refractivity contribution >= 4 is 0 Å². The number of hydrogen-bond acceptors (Lipinski definition) is 4. The molecular weight excluding hydrogens is 264 g/mol. The van der Waals surface area contributed by atoms with Gasteiger partial charge in [-0.3, -0.25) is 0 Å². The SMILES string of the molecule is COc1ccccc1CNCC(O)c1ccc(C#N)cc1. The second-order valence-electron chi connectivity index (χ2n) is 4.69. The fourth-order valence-electron chi connectivity index (χ4n) is 2.09. The minimum atomic E-state index is -0.604. The van der Waals surface area contributed by atoms with Crippen molar-refractivity contribution in [1.82, 2.24) is 5.32 Å². The molecule has 1 unspecified atom stereocenters. The summed E-state index contributed by atoms with van der Waals surface area (Å²) >= 11 is 0. The summed E-state index contributed by atoms with van der Waals surface area (Å²) in [5, 5.41) is 22.1. The first-order valence-electron chi connectivity index (χ1n) is 6.75. The van der Waals surface area contributed by atoms with Crippen LogP contribution in [0.15, 0.2) is 48.5 Å². The summed E-state index contributed by atoms with van der Waals surface area (Å²) in [5.41, 5.74) is 2.43. The topological polar surface area (TPSA) is 65.3 Å². The van der Waals surface area contributed by atoms with Crippen LogP contribution < -0.4 is 10.1 Å². The van der Waals surface area contributed by atoms with Crippen molar-refractivity contribution in [3.05, 3.63) is 65.2 Å². The molecule has 1 atom stereocenters. The first kappa shape index (κ1) is 15.0. The van der Waals surface area contributed by atoms with Crippen molar-refractivity contribution < 1.29 is 9.84 Å². The number of methoxy groups -OCH3 is 1. The highest BCUT2D eigenvalue weighted by Gasteiger charge is 2.08. The number of nitrogens with one attached hydrogen (secondary N) is 1. The molecule has 2 aromatic carbocycles. The van der Waals surface area contributed by atoms with Crippen LogP contribution >= 0.6 is 0 Å². The summed E-state index contributed by atoms with van der Waals surface area (Å²) in [6, 6.07) is 16.8. The van der Waals surface area contributed by atoms with E-state index >= 15 is 0 Å². The third kappa shape index (κ3) is 4.06. The predicted octanol–water partition coefficient (Wildman–Crippen LogP) is 2.39. The Balaban J connectivity index is 1.89. The molecule has 0 aliphatic rings. The number of rotatable bonds is 6. The maximum Gasteiger partial charge on any atom is 0.123 e. The lowest BCUT2D eigenvalue weighted by Gasteiger charge is -2.13. The van der Waals surface area contributed by atoms with Crippen molar-refractivity contribution in [2.24, 2.45) is 0 Å². The van der Waals surface area contributed by atoms with Crippen LogP contribution in [0.25, 0.3) is 0 Å². The minimum absolute atomic E-state index is 0.434. The lowest BCUT2D eigenvalue weighted by Crippen LogP contribution is -2.21. The fourth-order valence-corrected chi connectivity index (χ4v) is 2.09. The van der Waals surface area contributed by atoms with Gasteiger partial charge in [-0.25, -0.2) is 0 Å². The van der Waals surface area contributed by atoms with Gasteiger partial charge in [0, 0.05) is 18.7 Å². The van der Waals surface area contributed by atoms with Crippen LogP contribution in [0.1, 0.15) is 22.8 Å². The number of hydrogen-bond donors (Lipinski definition) is 2. The maximum atomic E-state index is 10.1. The second-order valence-corrected chi connectivity index (χ2v) is 4.69. The lowest BCUT2D eigenvalue weighted by atomic mass is 10.1. The highest BCUT2D eigenvalue weighted by molar-refractivity contribution is 5.34. The molecule has 0 fully saturated rings. The van der Waals surface area contributed by atoms with E-state index < -0.39 is 6.10 Å².